The Kier molecular flexibility index (Phi) is 5.15. The van der Waals surface area contributed by atoms with Crippen LogP contribution in [0.1, 0.15) is 36.7 Å². The Bertz CT molecular complexity index is 441. The number of hydrogen-bond donors (Lipinski definition) is 2. The third kappa shape index (κ3) is 3.73. The predicted molar refractivity (Wildman–Crippen MR) is 72.3 cm³/mol. The van der Waals surface area contributed by atoms with Crippen molar-refractivity contribution in [3.05, 3.63) is 16.5 Å². The summed E-state index contributed by atoms with van der Waals surface area (Å²) >= 11 is 1.31. The lowest BCUT2D eigenvalue weighted by Crippen LogP contribution is -2.34. The van der Waals surface area contributed by atoms with Gasteiger partial charge in [-0.2, -0.15) is 0 Å². The van der Waals surface area contributed by atoms with Crippen molar-refractivity contribution in [1.29, 1.82) is 0 Å². The Morgan fingerprint density at radius 2 is 2.11 bits per heavy atom. The summed E-state index contributed by atoms with van der Waals surface area (Å²) in [5.74, 6) is -0.406. The molecular formula is C12H18N2O3S. The fraction of sp³-hybridized carbons (Fsp3) is 0.500. The number of anilines is 1. The normalized spacial score (nSPS) is 10.3. The van der Waals surface area contributed by atoms with Gasteiger partial charge in [-0.15, -0.1) is 11.3 Å². The predicted octanol–water partition coefficient (Wildman–Crippen LogP) is 2.76. The maximum atomic E-state index is 11.8. The number of urea groups is 1. The van der Waals surface area contributed by atoms with E-state index in [9.17, 15) is 9.59 Å². The summed E-state index contributed by atoms with van der Waals surface area (Å²) in [5, 5.41) is 7.71. The second-order valence-electron chi connectivity index (χ2n) is 4.10. The van der Waals surface area contributed by atoms with Crippen LogP contribution in [0.25, 0.3) is 0 Å². The highest BCUT2D eigenvalue weighted by Gasteiger charge is 2.19. The third-order valence-corrected chi connectivity index (χ3v) is 3.11. The number of esters is 1. The van der Waals surface area contributed by atoms with Crippen LogP contribution in [0.4, 0.5) is 9.80 Å². The SMILES string of the molecule is CCOC(=O)c1c(C)csc1NC(=O)NC(C)C. The molecule has 18 heavy (non-hydrogen) atoms. The Morgan fingerprint density at radius 1 is 1.44 bits per heavy atom. The maximum Gasteiger partial charge on any atom is 0.341 e. The summed E-state index contributed by atoms with van der Waals surface area (Å²) < 4.78 is 4.97. The standard InChI is InChI=1S/C12H18N2O3S/c1-5-17-11(15)9-8(4)6-18-10(9)14-12(16)13-7(2)3/h6-7H,5H2,1-4H3,(H2,13,14,16). The molecule has 0 aromatic carbocycles. The largest absolute Gasteiger partial charge is 0.462 e. The van der Waals surface area contributed by atoms with Gasteiger partial charge in [-0.3, -0.25) is 5.32 Å². The lowest BCUT2D eigenvalue weighted by molar-refractivity contribution is 0.0527. The van der Waals surface area contributed by atoms with Crippen molar-refractivity contribution in [3.63, 3.8) is 0 Å². The van der Waals surface area contributed by atoms with Crippen LogP contribution in [0.5, 0.6) is 0 Å². The number of rotatable bonds is 4. The first kappa shape index (κ1) is 14.5. The van der Waals surface area contributed by atoms with E-state index in [-0.39, 0.29) is 12.1 Å². The number of amides is 2. The quantitative estimate of drug-likeness (QED) is 0.827. The van der Waals surface area contributed by atoms with Gasteiger partial charge < -0.3 is 10.1 Å². The molecule has 0 aliphatic carbocycles. The van der Waals surface area contributed by atoms with E-state index in [0.29, 0.717) is 17.2 Å². The minimum Gasteiger partial charge on any atom is -0.462 e. The Morgan fingerprint density at radius 3 is 2.67 bits per heavy atom. The number of thiophene rings is 1. The van der Waals surface area contributed by atoms with Crippen molar-refractivity contribution in [2.45, 2.75) is 33.7 Å². The highest BCUT2D eigenvalue weighted by atomic mass is 32.1. The average Bonchev–Trinajstić information content (AvgIpc) is 2.58. The van der Waals surface area contributed by atoms with E-state index in [4.69, 9.17) is 4.74 Å². The lowest BCUT2D eigenvalue weighted by Gasteiger charge is -2.10. The van der Waals surface area contributed by atoms with Crippen molar-refractivity contribution in [3.8, 4) is 0 Å². The first-order chi connectivity index (χ1) is 8.45. The highest BCUT2D eigenvalue weighted by Crippen LogP contribution is 2.28. The van der Waals surface area contributed by atoms with Crippen molar-refractivity contribution in [1.82, 2.24) is 5.32 Å². The fourth-order valence-corrected chi connectivity index (χ4v) is 2.32. The number of ether oxygens (including phenoxy) is 1. The van der Waals surface area contributed by atoms with Gasteiger partial charge in [0.05, 0.1) is 12.2 Å². The number of hydrogen-bond acceptors (Lipinski definition) is 4. The van der Waals surface area contributed by atoms with E-state index >= 15 is 0 Å². The molecule has 0 unspecified atom stereocenters. The minimum absolute atomic E-state index is 0.0390. The average molecular weight is 270 g/mol. The van der Waals surface area contributed by atoms with Gasteiger partial charge in [-0.25, -0.2) is 9.59 Å². The monoisotopic (exact) mass is 270 g/mol. The second-order valence-corrected chi connectivity index (χ2v) is 4.98. The van der Waals surface area contributed by atoms with E-state index in [0.717, 1.165) is 5.56 Å². The molecule has 0 aliphatic rings. The van der Waals surface area contributed by atoms with Crippen LogP contribution in [0.15, 0.2) is 5.38 Å². The molecule has 2 N–H and O–H groups in total. The summed E-state index contributed by atoms with van der Waals surface area (Å²) in [6.45, 7) is 7.61. The van der Waals surface area contributed by atoms with Crippen LogP contribution < -0.4 is 10.6 Å². The zero-order chi connectivity index (χ0) is 13.7. The molecule has 0 radical (unpaired) electrons. The van der Waals surface area contributed by atoms with Crippen molar-refractivity contribution >= 4 is 28.3 Å². The minimum atomic E-state index is -0.406. The smallest absolute Gasteiger partial charge is 0.341 e. The van der Waals surface area contributed by atoms with Gasteiger partial charge in [0, 0.05) is 6.04 Å². The number of carbonyl (C=O) groups is 2. The van der Waals surface area contributed by atoms with Crippen LogP contribution in [0.3, 0.4) is 0 Å². The molecule has 0 atom stereocenters. The molecule has 100 valence electrons. The van der Waals surface area contributed by atoms with Gasteiger partial charge in [-0.05, 0) is 38.6 Å². The summed E-state index contributed by atoms with van der Waals surface area (Å²) in [7, 11) is 0. The zero-order valence-corrected chi connectivity index (χ0v) is 11.8. The van der Waals surface area contributed by atoms with Crippen molar-refractivity contribution < 1.29 is 14.3 Å². The molecule has 1 rings (SSSR count). The summed E-state index contributed by atoms with van der Waals surface area (Å²) in [5.41, 5.74) is 1.24. The van der Waals surface area contributed by atoms with Gasteiger partial charge in [0.15, 0.2) is 0 Å². The molecule has 0 bridgehead atoms. The topological polar surface area (TPSA) is 67.4 Å². The second kappa shape index (κ2) is 6.39. The van der Waals surface area contributed by atoms with Crippen LogP contribution in [0, 0.1) is 6.92 Å². The summed E-state index contributed by atoms with van der Waals surface area (Å²) in [4.78, 5) is 23.4. The summed E-state index contributed by atoms with van der Waals surface area (Å²) in [6.07, 6.45) is 0. The Labute approximate surface area is 111 Å². The molecule has 0 spiro atoms. The molecule has 1 aromatic heterocycles. The Balaban J connectivity index is 2.83. The van der Waals surface area contributed by atoms with E-state index in [2.05, 4.69) is 10.6 Å². The Hall–Kier alpha value is -1.56. The van der Waals surface area contributed by atoms with Crippen LogP contribution in [-0.2, 0) is 4.74 Å². The van der Waals surface area contributed by atoms with Gasteiger partial charge in [0.25, 0.3) is 0 Å². The first-order valence-electron chi connectivity index (χ1n) is 5.78. The maximum absolute atomic E-state index is 11.8. The number of aryl methyl sites for hydroxylation is 1. The molecule has 0 saturated carbocycles. The van der Waals surface area contributed by atoms with E-state index in [1.165, 1.54) is 11.3 Å². The van der Waals surface area contributed by atoms with E-state index in [1.54, 1.807) is 6.92 Å². The van der Waals surface area contributed by atoms with Gasteiger partial charge >= 0.3 is 12.0 Å². The molecular weight excluding hydrogens is 252 g/mol. The first-order valence-corrected chi connectivity index (χ1v) is 6.66. The van der Waals surface area contributed by atoms with Crippen LogP contribution in [-0.4, -0.2) is 24.6 Å². The van der Waals surface area contributed by atoms with Gasteiger partial charge in [0.2, 0.25) is 0 Å². The van der Waals surface area contributed by atoms with Crippen molar-refractivity contribution in [2.24, 2.45) is 0 Å². The molecule has 2 amide bonds. The molecule has 1 aromatic rings. The van der Waals surface area contributed by atoms with Crippen LogP contribution >= 0.6 is 11.3 Å². The van der Waals surface area contributed by atoms with Crippen LogP contribution in [0.2, 0.25) is 0 Å². The molecule has 0 saturated heterocycles. The van der Waals surface area contributed by atoms with E-state index in [1.807, 2.05) is 26.2 Å². The number of nitrogens with one attached hydrogen (secondary N) is 2. The molecule has 5 nitrogen and oxygen atoms in total. The van der Waals surface area contributed by atoms with Gasteiger partial charge in [0.1, 0.15) is 5.00 Å². The zero-order valence-electron chi connectivity index (χ0n) is 11.0. The molecule has 0 fully saturated rings. The molecule has 0 aliphatic heterocycles. The molecule has 6 heteroatoms. The third-order valence-electron chi connectivity index (χ3n) is 2.10. The summed E-state index contributed by atoms with van der Waals surface area (Å²) in [6, 6.07) is -0.283. The lowest BCUT2D eigenvalue weighted by atomic mass is 10.2. The van der Waals surface area contributed by atoms with E-state index < -0.39 is 5.97 Å². The number of carbonyl (C=O) groups excluding carboxylic acids is 2. The van der Waals surface area contributed by atoms with Crippen molar-refractivity contribution in [2.75, 3.05) is 11.9 Å². The fourth-order valence-electron chi connectivity index (χ4n) is 1.39. The highest BCUT2D eigenvalue weighted by molar-refractivity contribution is 7.15. The molecule has 1 heterocycles. The van der Waals surface area contributed by atoms with Gasteiger partial charge in [-0.1, -0.05) is 0 Å².